The molecule has 0 radical (unpaired) electrons. The van der Waals surface area contributed by atoms with Crippen LogP contribution in [0.2, 0.25) is 0 Å². The minimum atomic E-state index is -0.753. The number of rotatable bonds is 7. The monoisotopic (exact) mass is 421 g/mol. The van der Waals surface area contributed by atoms with Crippen LogP contribution in [0.25, 0.3) is 0 Å². The molecule has 1 N–H and O–H groups in total. The summed E-state index contributed by atoms with van der Waals surface area (Å²) < 4.78 is 15.1. The first-order valence-electron chi connectivity index (χ1n) is 10.7. The highest BCUT2D eigenvalue weighted by Gasteiger charge is 2.22. The molecule has 6 nitrogen and oxygen atoms in total. The number of carbonyl (C=O) groups is 1. The molecule has 31 heavy (non-hydrogen) atoms. The lowest BCUT2D eigenvalue weighted by Gasteiger charge is -2.17. The summed E-state index contributed by atoms with van der Waals surface area (Å²) in [7, 11) is 0. The van der Waals surface area contributed by atoms with Gasteiger partial charge in [0, 0.05) is 25.4 Å². The SMILES string of the molecule is CC(C)c1ccc(CC(=O)Nc2ccn(Cc3ccc(N4CC[C@H](F)C4)cn3)n2)cc1. The molecule has 162 valence electrons. The van der Waals surface area contributed by atoms with E-state index in [1.807, 2.05) is 35.4 Å². The maximum absolute atomic E-state index is 13.4. The van der Waals surface area contributed by atoms with Crippen molar-refractivity contribution >= 4 is 17.4 Å². The molecule has 0 aliphatic carbocycles. The lowest BCUT2D eigenvalue weighted by molar-refractivity contribution is -0.115. The maximum Gasteiger partial charge on any atom is 0.229 e. The van der Waals surface area contributed by atoms with Crippen LogP contribution >= 0.6 is 0 Å². The van der Waals surface area contributed by atoms with Gasteiger partial charge in [0.2, 0.25) is 5.91 Å². The van der Waals surface area contributed by atoms with Gasteiger partial charge in [0.05, 0.1) is 30.5 Å². The first kappa shape index (κ1) is 21.0. The lowest BCUT2D eigenvalue weighted by atomic mass is 10.0. The summed E-state index contributed by atoms with van der Waals surface area (Å²) in [6.45, 7) is 5.96. The number of anilines is 2. The van der Waals surface area contributed by atoms with Crippen molar-refractivity contribution in [3.05, 3.63) is 71.7 Å². The van der Waals surface area contributed by atoms with Gasteiger partial charge in [-0.25, -0.2) is 4.39 Å². The van der Waals surface area contributed by atoms with E-state index >= 15 is 0 Å². The van der Waals surface area contributed by atoms with Gasteiger partial charge in [0.25, 0.3) is 0 Å². The van der Waals surface area contributed by atoms with Crippen molar-refractivity contribution in [2.75, 3.05) is 23.3 Å². The summed E-state index contributed by atoms with van der Waals surface area (Å²) in [6, 6.07) is 13.8. The number of benzene rings is 1. The Labute approximate surface area is 182 Å². The predicted molar refractivity (Wildman–Crippen MR) is 120 cm³/mol. The molecular weight excluding hydrogens is 393 g/mol. The van der Waals surface area contributed by atoms with Crippen LogP contribution < -0.4 is 10.2 Å². The Balaban J connectivity index is 1.30. The van der Waals surface area contributed by atoms with E-state index in [1.165, 1.54) is 5.56 Å². The third kappa shape index (κ3) is 5.48. The zero-order valence-electron chi connectivity index (χ0n) is 18.0. The second kappa shape index (κ2) is 9.29. The van der Waals surface area contributed by atoms with Crippen LogP contribution in [0.1, 0.15) is 43.0 Å². The Morgan fingerprint density at radius 3 is 2.65 bits per heavy atom. The Hall–Kier alpha value is -3.22. The van der Waals surface area contributed by atoms with Gasteiger partial charge >= 0.3 is 0 Å². The molecule has 1 aliphatic rings. The molecule has 1 fully saturated rings. The normalized spacial score (nSPS) is 16.1. The van der Waals surface area contributed by atoms with Crippen molar-refractivity contribution in [1.29, 1.82) is 0 Å². The standard InChI is InChI=1S/C24H28FN5O/c1-17(2)19-5-3-18(4-6-19)13-24(31)27-23-10-12-30(28-23)16-21-7-8-22(14-26-21)29-11-9-20(25)15-29/h3-8,10,12,14,17,20H,9,11,13,15-16H2,1-2H3,(H,27,28,31)/t20-/m0/s1. The van der Waals surface area contributed by atoms with Gasteiger partial charge in [-0.3, -0.25) is 14.5 Å². The Morgan fingerprint density at radius 2 is 2.00 bits per heavy atom. The van der Waals surface area contributed by atoms with Gasteiger partial charge in [-0.05, 0) is 35.6 Å². The van der Waals surface area contributed by atoms with Gasteiger partial charge in [0.15, 0.2) is 5.82 Å². The third-order valence-corrected chi connectivity index (χ3v) is 5.55. The molecule has 3 aromatic rings. The largest absolute Gasteiger partial charge is 0.367 e. The Bertz CT molecular complexity index is 1010. The van der Waals surface area contributed by atoms with E-state index in [0.29, 0.717) is 37.7 Å². The minimum Gasteiger partial charge on any atom is -0.367 e. The van der Waals surface area contributed by atoms with Crippen LogP contribution in [-0.2, 0) is 17.8 Å². The molecule has 0 unspecified atom stereocenters. The van der Waals surface area contributed by atoms with Gasteiger partial charge in [-0.2, -0.15) is 5.10 Å². The highest BCUT2D eigenvalue weighted by atomic mass is 19.1. The smallest absolute Gasteiger partial charge is 0.229 e. The Morgan fingerprint density at radius 1 is 1.19 bits per heavy atom. The molecule has 1 amide bonds. The highest BCUT2D eigenvalue weighted by Crippen LogP contribution is 2.21. The van der Waals surface area contributed by atoms with E-state index in [-0.39, 0.29) is 5.91 Å². The molecule has 1 atom stereocenters. The second-order valence-electron chi connectivity index (χ2n) is 8.36. The molecule has 0 saturated carbocycles. The second-order valence-corrected chi connectivity index (χ2v) is 8.36. The van der Waals surface area contributed by atoms with Gasteiger partial charge in [-0.1, -0.05) is 38.1 Å². The maximum atomic E-state index is 13.4. The minimum absolute atomic E-state index is 0.0956. The van der Waals surface area contributed by atoms with Gasteiger partial charge in [-0.15, -0.1) is 0 Å². The van der Waals surface area contributed by atoms with Crippen molar-refractivity contribution in [3.63, 3.8) is 0 Å². The van der Waals surface area contributed by atoms with Crippen molar-refractivity contribution in [2.45, 2.75) is 45.3 Å². The summed E-state index contributed by atoms with van der Waals surface area (Å²) >= 11 is 0. The van der Waals surface area contributed by atoms with Gasteiger partial charge < -0.3 is 10.2 Å². The quantitative estimate of drug-likeness (QED) is 0.622. The number of pyridine rings is 1. The van der Waals surface area contributed by atoms with Gasteiger partial charge in [0.1, 0.15) is 6.17 Å². The number of aromatic nitrogens is 3. The fourth-order valence-electron chi connectivity index (χ4n) is 3.72. The van der Waals surface area contributed by atoms with Crippen LogP contribution in [0.15, 0.2) is 54.9 Å². The molecule has 1 aliphatic heterocycles. The summed E-state index contributed by atoms with van der Waals surface area (Å²) in [4.78, 5) is 18.8. The summed E-state index contributed by atoms with van der Waals surface area (Å²) in [5.41, 5.74) is 4.03. The van der Waals surface area contributed by atoms with E-state index in [0.717, 1.165) is 23.5 Å². The first-order valence-corrected chi connectivity index (χ1v) is 10.7. The predicted octanol–water partition coefficient (Wildman–Crippen LogP) is 4.18. The molecule has 4 rings (SSSR count). The van der Waals surface area contributed by atoms with Crippen molar-refractivity contribution in [3.8, 4) is 0 Å². The molecule has 1 aromatic carbocycles. The summed E-state index contributed by atoms with van der Waals surface area (Å²) in [5.74, 6) is 0.897. The molecule has 2 aromatic heterocycles. The number of hydrogen-bond donors (Lipinski definition) is 1. The number of nitrogens with zero attached hydrogens (tertiary/aromatic N) is 4. The zero-order valence-corrected chi connectivity index (χ0v) is 18.0. The van der Waals surface area contributed by atoms with Crippen molar-refractivity contribution < 1.29 is 9.18 Å². The number of nitrogens with one attached hydrogen (secondary N) is 1. The topological polar surface area (TPSA) is 63.1 Å². The van der Waals surface area contributed by atoms with Crippen molar-refractivity contribution in [2.24, 2.45) is 0 Å². The van der Waals surface area contributed by atoms with E-state index in [4.69, 9.17) is 0 Å². The van der Waals surface area contributed by atoms with Crippen LogP contribution in [0, 0.1) is 0 Å². The molecule has 7 heteroatoms. The summed E-state index contributed by atoms with van der Waals surface area (Å²) in [6.07, 6.45) is 3.73. The molecular formula is C24H28FN5O. The first-order chi connectivity index (χ1) is 15.0. The number of carbonyl (C=O) groups excluding carboxylic acids is 1. The van der Waals surface area contributed by atoms with Crippen LogP contribution in [0.4, 0.5) is 15.9 Å². The number of halogens is 1. The number of amides is 1. The molecule has 1 saturated heterocycles. The number of hydrogen-bond acceptors (Lipinski definition) is 4. The molecule has 0 spiro atoms. The average Bonchev–Trinajstić information content (AvgIpc) is 3.37. The highest BCUT2D eigenvalue weighted by molar-refractivity contribution is 5.91. The lowest BCUT2D eigenvalue weighted by Crippen LogP contribution is -2.20. The van der Waals surface area contributed by atoms with E-state index in [1.54, 1.807) is 16.9 Å². The van der Waals surface area contributed by atoms with Crippen molar-refractivity contribution in [1.82, 2.24) is 14.8 Å². The van der Waals surface area contributed by atoms with E-state index < -0.39 is 6.17 Å². The zero-order chi connectivity index (χ0) is 21.8. The fraction of sp³-hybridized carbons (Fsp3) is 0.375. The number of alkyl halides is 1. The van der Waals surface area contributed by atoms with E-state index in [9.17, 15) is 9.18 Å². The fourth-order valence-corrected chi connectivity index (χ4v) is 3.72. The molecule has 3 heterocycles. The van der Waals surface area contributed by atoms with Crippen LogP contribution in [0.5, 0.6) is 0 Å². The van der Waals surface area contributed by atoms with Crippen LogP contribution in [0.3, 0.4) is 0 Å². The van der Waals surface area contributed by atoms with Crippen LogP contribution in [-0.4, -0.2) is 39.9 Å². The van der Waals surface area contributed by atoms with E-state index in [2.05, 4.69) is 41.4 Å². The third-order valence-electron chi connectivity index (χ3n) is 5.55. The molecule has 0 bridgehead atoms. The summed E-state index contributed by atoms with van der Waals surface area (Å²) in [5, 5.41) is 7.27. The average molecular weight is 422 g/mol. The Kier molecular flexibility index (Phi) is 6.30.